The lowest BCUT2D eigenvalue weighted by molar-refractivity contribution is 0.0889. The Morgan fingerprint density at radius 2 is 2.05 bits per heavy atom. The van der Waals surface area contributed by atoms with E-state index in [1.54, 1.807) is 11.3 Å². The zero-order valence-corrected chi connectivity index (χ0v) is 14.8. The fourth-order valence-corrected chi connectivity index (χ4v) is 3.66. The highest BCUT2D eigenvalue weighted by Crippen LogP contribution is 2.26. The Morgan fingerprint density at radius 3 is 2.52 bits per heavy atom. The van der Waals surface area contributed by atoms with Gasteiger partial charge in [0.2, 0.25) is 0 Å². The SMILES string of the molecule is CCCc1sc(C(=O)NC(CCO)C(C)(C)C)cc1CC. The van der Waals surface area contributed by atoms with Crippen molar-refractivity contribution in [2.24, 2.45) is 5.41 Å². The third kappa shape index (κ3) is 5.11. The Morgan fingerprint density at radius 1 is 1.38 bits per heavy atom. The maximum absolute atomic E-state index is 12.5. The van der Waals surface area contributed by atoms with Gasteiger partial charge in [-0.15, -0.1) is 11.3 Å². The van der Waals surface area contributed by atoms with Gasteiger partial charge < -0.3 is 10.4 Å². The molecule has 0 aliphatic carbocycles. The fourth-order valence-electron chi connectivity index (χ4n) is 2.40. The fraction of sp³-hybridized carbons (Fsp3) is 0.706. The third-order valence-corrected chi connectivity index (χ3v) is 4.98. The van der Waals surface area contributed by atoms with Gasteiger partial charge in [0, 0.05) is 17.5 Å². The molecule has 1 atom stereocenters. The molecule has 0 saturated carbocycles. The number of aryl methyl sites for hydroxylation is 2. The van der Waals surface area contributed by atoms with Gasteiger partial charge in [0.05, 0.1) is 4.88 Å². The zero-order chi connectivity index (χ0) is 16.0. The lowest BCUT2D eigenvalue weighted by Gasteiger charge is -2.30. The molecule has 1 rings (SSSR count). The molecule has 0 aromatic carbocycles. The quantitative estimate of drug-likeness (QED) is 0.805. The molecule has 1 aromatic heterocycles. The van der Waals surface area contributed by atoms with Gasteiger partial charge in [0.25, 0.3) is 5.91 Å². The first-order chi connectivity index (χ1) is 9.83. The number of carbonyl (C=O) groups excluding carboxylic acids is 1. The van der Waals surface area contributed by atoms with Crippen LogP contribution in [0.25, 0.3) is 0 Å². The summed E-state index contributed by atoms with van der Waals surface area (Å²) in [6, 6.07) is 2.01. The van der Waals surface area contributed by atoms with Crippen LogP contribution in [-0.2, 0) is 12.8 Å². The smallest absolute Gasteiger partial charge is 0.261 e. The highest BCUT2D eigenvalue weighted by Gasteiger charge is 2.26. The minimum Gasteiger partial charge on any atom is -0.396 e. The molecular formula is C17H29NO2S. The van der Waals surface area contributed by atoms with E-state index in [0.29, 0.717) is 6.42 Å². The Labute approximate surface area is 132 Å². The van der Waals surface area contributed by atoms with E-state index in [-0.39, 0.29) is 24.0 Å². The van der Waals surface area contributed by atoms with Crippen LogP contribution in [0.5, 0.6) is 0 Å². The van der Waals surface area contributed by atoms with Gasteiger partial charge in [-0.25, -0.2) is 0 Å². The number of rotatable bonds is 7. The molecule has 0 spiro atoms. The largest absolute Gasteiger partial charge is 0.396 e. The molecule has 21 heavy (non-hydrogen) atoms. The van der Waals surface area contributed by atoms with Crippen LogP contribution >= 0.6 is 11.3 Å². The summed E-state index contributed by atoms with van der Waals surface area (Å²) in [6.07, 6.45) is 3.70. The topological polar surface area (TPSA) is 49.3 Å². The van der Waals surface area contributed by atoms with Gasteiger partial charge in [-0.05, 0) is 36.3 Å². The average molecular weight is 311 g/mol. The number of nitrogens with one attached hydrogen (secondary N) is 1. The minimum atomic E-state index is -0.0600. The third-order valence-electron chi connectivity index (χ3n) is 3.75. The lowest BCUT2D eigenvalue weighted by Crippen LogP contribution is -2.44. The molecule has 0 saturated heterocycles. The Hall–Kier alpha value is -0.870. The summed E-state index contributed by atoms with van der Waals surface area (Å²) in [6.45, 7) is 10.6. The maximum Gasteiger partial charge on any atom is 0.261 e. The van der Waals surface area contributed by atoms with Crippen molar-refractivity contribution in [3.05, 3.63) is 21.4 Å². The van der Waals surface area contributed by atoms with Crippen LogP contribution in [0, 0.1) is 5.41 Å². The van der Waals surface area contributed by atoms with Crippen molar-refractivity contribution in [3.63, 3.8) is 0 Å². The minimum absolute atomic E-state index is 0.00886. The van der Waals surface area contributed by atoms with Crippen molar-refractivity contribution in [1.29, 1.82) is 0 Å². The van der Waals surface area contributed by atoms with Crippen LogP contribution in [0.3, 0.4) is 0 Å². The van der Waals surface area contributed by atoms with Crippen LogP contribution in [0.4, 0.5) is 0 Å². The van der Waals surface area contributed by atoms with Crippen LogP contribution in [0.15, 0.2) is 6.07 Å². The van der Waals surface area contributed by atoms with Gasteiger partial charge in [-0.1, -0.05) is 41.0 Å². The summed E-state index contributed by atoms with van der Waals surface area (Å²) >= 11 is 1.61. The average Bonchev–Trinajstić information content (AvgIpc) is 2.81. The molecule has 0 aliphatic rings. The van der Waals surface area contributed by atoms with Crippen molar-refractivity contribution < 1.29 is 9.90 Å². The van der Waals surface area contributed by atoms with Crippen LogP contribution in [0.2, 0.25) is 0 Å². The molecule has 120 valence electrons. The second-order valence-corrected chi connectivity index (χ2v) is 7.70. The van der Waals surface area contributed by atoms with Crippen LogP contribution in [0.1, 0.15) is 67.6 Å². The van der Waals surface area contributed by atoms with E-state index < -0.39 is 0 Å². The second-order valence-electron chi connectivity index (χ2n) is 6.57. The number of aliphatic hydroxyl groups is 1. The molecule has 0 fully saturated rings. The van der Waals surface area contributed by atoms with Crippen molar-refractivity contribution >= 4 is 17.2 Å². The predicted molar refractivity (Wildman–Crippen MR) is 90.1 cm³/mol. The van der Waals surface area contributed by atoms with Crippen LogP contribution < -0.4 is 5.32 Å². The number of hydrogen-bond acceptors (Lipinski definition) is 3. The number of aliphatic hydroxyl groups excluding tert-OH is 1. The van der Waals surface area contributed by atoms with Gasteiger partial charge in [0.1, 0.15) is 0 Å². The molecule has 0 aliphatic heterocycles. The molecule has 1 unspecified atom stereocenters. The highest BCUT2D eigenvalue weighted by atomic mass is 32.1. The van der Waals surface area contributed by atoms with Crippen LogP contribution in [-0.4, -0.2) is 23.7 Å². The molecule has 1 heterocycles. The molecule has 1 amide bonds. The Bertz CT molecular complexity index is 460. The number of thiophene rings is 1. The van der Waals surface area contributed by atoms with E-state index in [1.807, 2.05) is 6.07 Å². The molecule has 1 aromatic rings. The van der Waals surface area contributed by atoms with E-state index in [9.17, 15) is 9.90 Å². The van der Waals surface area contributed by atoms with Crippen molar-refractivity contribution in [2.45, 2.75) is 66.3 Å². The van der Waals surface area contributed by atoms with Gasteiger partial charge in [0.15, 0.2) is 0 Å². The standard InChI is InChI=1S/C17H29NO2S/c1-6-8-13-12(7-2)11-14(21-13)16(20)18-15(9-10-19)17(3,4)5/h11,15,19H,6-10H2,1-5H3,(H,18,20). The number of carbonyl (C=O) groups is 1. The zero-order valence-electron chi connectivity index (χ0n) is 14.0. The summed E-state index contributed by atoms with van der Waals surface area (Å²) in [7, 11) is 0. The molecule has 3 nitrogen and oxygen atoms in total. The monoisotopic (exact) mass is 311 g/mol. The van der Waals surface area contributed by atoms with E-state index in [0.717, 1.165) is 24.1 Å². The summed E-state index contributed by atoms with van der Waals surface area (Å²) in [5.41, 5.74) is 1.23. The van der Waals surface area contributed by atoms with E-state index >= 15 is 0 Å². The molecule has 0 bridgehead atoms. The first-order valence-electron chi connectivity index (χ1n) is 7.86. The Kier molecular flexibility index (Phi) is 6.88. The van der Waals surface area contributed by atoms with Crippen molar-refractivity contribution in [2.75, 3.05) is 6.61 Å². The molecule has 4 heteroatoms. The molecular weight excluding hydrogens is 282 g/mol. The number of amides is 1. The van der Waals surface area contributed by atoms with Crippen molar-refractivity contribution in [1.82, 2.24) is 5.32 Å². The van der Waals surface area contributed by atoms with Crippen molar-refractivity contribution in [3.8, 4) is 0 Å². The van der Waals surface area contributed by atoms with E-state index in [1.165, 1.54) is 10.4 Å². The second kappa shape index (κ2) is 7.95. The first-order valence-corrected chi connectivity index (χ1v) is 8.68. The first kappa shape index (κ1) is 18.2. The summed E-state index contributed by atoms with van der Waals surface area (Å²) in [4.78, 5) is 14.6. The van der Waals surface area contributed by atoms with E-state index in [4.69, 9.17) is 0 Å². The Balaban J connectivity index is 2.87. The normalized spacial score (nSPS) is 13.2. The summed E-state index contributed by atoms with van der Waals surface area (Å²) in [5.74, 6) is -0.00886. The van der Waals surface area contributed by atoms with Gasteiger partial charge >= 0.3 is 0 Å². The highest BCUT2D eigenvalue weighted by molar-refractivity contribution is 7.14. The maximum atomic E-state index is 12.5. The lowest BCUT2D eigenvalue weighted by atomic mass is 9.85. The summed E-state index contributed by atoms with van der Waals surface area (Å²) < 4.78 is 0. The molecule has 2 N–H and O–H groups in total. The van der Waals surface area contributed by atoms with E-state index in [2.05, 4.69) is 39.9 Å². The summed E-state index contributed by atoms with van der Waals surface area (Å²) in [5, 5.41) is 12.3. The predicted octanol–water partition coefficient (Wildman–Crippen LogP) is 3.79. The van der Waals surface area contributed by atoms with Gasteiger partial charge in [-0.3, -0.25) is 4.79 Å². The number of hydrogen-bond donors (Lipinski definition) is 2. The molecule has 0 radical (unpaired) electrons. The van der Waals surface area contributed by atoms with Gasteiger partial charge in [-0.2, -0.15) is 0 Å².